The van der Waals surface area contributed by atoms with Gasteiger partial charge in [-0.25, -0.2) is 5.01 Å². The number of hydrazine groups is 1. The maximum Gasteiger partial charge on any atom is 0.317 e. The molecule has 0 atom stereocenters. The first-order valence-electron chi connectivity index (χ1n) is 5.66. The average molecular weight is 311 g/mol. The lowest BCUT2D eigenvalue weighted by Crippen LogP contribution is -2.34. The zero-order valence-electron chi connectivity index (χ0n) is 9.85. The number of nitrogens with one attached hydrogen (secondary N) is 1. The fourth-order valence-electron chi connectivity index (χ4n) is 1.70. The minimum Gasteiger partial charge on any atom is -0.319 e. The van der Waals surface area contributed by atoms with Gasteiger partial charge in [0.15, 0.2) is 0 Å². The van der Waals surface area contributed by atoms with Gasteiger partial charge in [0, 0.05) is 40.1 Å². The van der Waals surface area contributed by atoms with Crippen LogP contribution in [0.15, 0.2) is 30.3 Å². The lowest BCUT2D eigenvalue weighted by molar-refractivity contribution is 0.273. The predicted octanol–water partition coefficient (Wildman–Crippen LogP) is 3.21. The molecule has 0 radical (unpaired) electrons. The topological polar surface area (TPSA) is 49.4 Å². The Bertz CT molecular complexity index is 426. The summed E-state index contributed by atoms with van der Waals surface area (Å²) in [7, 11) is 4.81. The molecule has 0 aliphatic carbocycles. The Morgan fingerprint density at radius 3 is 2.00 bits per heavy atom. The smallest absolute Gasteiger partial charge is 0.317 e. The minimum atomic E-state index is -3.72. The van der Waals surface area contributed by atoms with Crippen molar-refractivity contribution in [1.82, 2.24) is 5.01 Å². The number of para-hydroxylation sites is 1. The number of hydrogen-bond donors (Lipinski definition) is 1. The Morgan fingerprint density at radius 1 is 1.00 bits per heavy atom. The van der Waals surface area contributed by atoms with E-state index in [1.807, 2.05) is 6.07 Å². The zero-order valence-corrected chi connectivity index (χ0v) is 12.2. The van der Waals surface area contributed by atoms with Crippen molar-refractivity contribution in [2.75, 3.05) is 18.5 Å². The number of nitrogens with zero attached hydrogens (tertiary/aromatic N) is 1. The van der Waals surface area contributed by atoms with Gasteiger partial charge in [-0.2, -0.15) is 8.42 Å². The highest BCUT2D eigenvalue weighted by Gasteiger charge is 2.08. The van der Waals surface area contributed by atoms with Gasteiger partial charge in [-0.05, 0) is 25.0 Å². The van der Waals surface area contributed by atoms with Crippen LogP contribution in [0.2, 0.25) is 0 Å². The number of benzene rings is 1. The van der Waals surface area contributed by atoms with Gasteiger partial charge in [-0.1, -0.05) is 24.6 Å². The van der Waals surface area contributed by atoms with Gasteiger partial charge < -0.3 is 5.43 Å². The first kappa shape index (κ1) is 15.6. The van der Waals surface area contributed by atoms with Crippen LogP contribution in [0, 0.1) is 0 Å². The molecule has 0 bridgehead atoms. The van der Waals surface area contributed by atoms with Crippen LogP contribution >= 0.6 is 21.4 Å². The molecule has 0 spiro atoms. The van der Waals surface area contributed by atoms with E-state index in [-0.39, 0.29) is 0 Å². The third-order valence-electron chi connectivity index (χ3n) is 2.42. The molecule has 18 heavy (non-hydrogen) atoms. The van der Waals surface area contributed by atoms with Gasteiger partial charge in [-0.3, -0.25) is 0 Å². The summed E-state index contributed by atoms with van der Waals surface area (Å²) in [4.78, 5) is 0. The average Bonchev–Trinajstić information content (AvgIpc) is 2.29. The van der Waals surface area contributed by atoms with Crippen LogP contribution in [0.25, 0.3) is 0 Å². The van der Waals surface area contributed by atoms with Crippen molar-refractivity contribution >= 4 is 35.3 Å². The fraction of sp³-hybridized carbons (Fsp3) is 0.455. The van der Waals surface area contributed by atoms with E-state index >= 15 is 0 Å². The molecule has 0 unspecified atom stereocenters. The third kappa shape index (κ3) is 8.58. The molecule has 1 aromatic rings. The second kappa shape index (κ2) is 7.84. The summed E-state index contributed by atoms with van der Waals surface area (Å²) in [5.41, 5.74) is 4.61. The molecule has 7 heteroatoms. The second-order valence-electron chi connectivity index (χ2n) is 3.90. The SMILES string of the molecule is O=S(=O)(Cl)Cl.c1ccc(NN2CCCCC2)cc1. The molecule has 0 aromatic heterocycles. The van der Waals surface area contributed by atoms with Crippen molar-refractivity contribution in [2.45, 2.75) is 19.3 Å². The van der Waals surface area contributed by atoms with E-state index in [0.717, 1.165) is 0 Å². The number of halogens is 2. The quantitative estimate of drug-likeness (QED) is 0.852. The zero-order chi connectivity index (χ0) is 13.4. The van der Waals surface area contributed by atoms with Gasteiger partial charge in [0.05, 0.1) is 0 Å². The number of rotatable bonds is 2. The van der Waals surface area contributed by atoms with E-state index < -0.39 is 8.26 Å². The molecule has 2 rings (SSSR count). The normalized spacial score (nSPS) is 16.6. The highest BCUT2D eigenvalue weighted by molar-refractivity contribution is 8.31. The minimum absolute atomic E-state index is 1.18. The van der Waals surface area contributed by atoms with E-state index in [2.05, 4.69) is 56.1 Å². The first-order chi connectivity index (χ1) is 8.45. The van der Waals surface area contributed by atoms with Gasteiger partial charge in [0.1, 0.15) is 0 Å². The number of anilines is 1. The standard InChI is InChI=1S/C11H16N2.Cl2O2S/c1-3-7-11(8-4-1)12-13-9-5-2-6-10-13;1-5(2,3)4/h1,3-4,7-8,12H,2,5-6,9-10H2;. The Kier molecular flexibility index (Phi) is 6.78. The Hall–Kier alpha value is -0.490. The van der Waals surface area contributed by atoms with Crippen molar-refractivity contribution in [3.63, 3.8) is 0 Å². The molecule has 1 saturated heterocycles. The highest BCUT2D eigenvalue weighted by Crippen LogP contribution is 2.12. The largest absolute Gasteiger partial charge is 0.319 e. The van der Waals surface area contributed by atoms with Gasteiger partial charge >= 0.3 is 8.26 Å². The Labute approximate surface area is 117 Å². The van der Waals surface area contributed by atoms with Gasteiger partial charge in [0.2, 0.25) is 0 Å². The molecule has 102 valence electrons. The number of piperidine rings is 1. The number of hydrogen-bond acceptors (Lipinski definition) is 4. The molecule has 1 aliphatic rings. The molecule has 0 amide bonds. The van der Waals surface area contributed by atoms with Crippen LogP contribution in [0.3, 0.4) is 0 Å². The van der Waals surface area contributed by atoms with Crippen LogP contribution in [-0.4, -0.2) is 26.5 Å². The van der Waals surface area contributed by atoms with Crippen LogP contribution in [0.4, 0.5) is 5.69 Å². The summed E-state index contributed by atoms with van der Waals surface area (Å²) in [5, 5.41) is 2.30. The summed E-state index contributed by atoms with van der Waals surface area (Å²) < 4.78 is 18.3. The Morgan fingerprint density at radius 2 is 1.50 bits per heavy atom. The summed E-state index contributed by atoms with van der Waals surface area (Å²) in [6.07, 6.45) is 4.02. The van der Waals surface area contributed by atoms with Crippen molar-refractivity contribution < 1.29 is 8.42 Å². The monoisotopic (exact) mass is 310 g/mol. The predicted molar refractivity (Wildman–Crippen MR) is 76.1 cm³/mol. The lowest BCUT2D eigenvalue weighted by Gasteiger charge is -2.27. The van der Waals surface area contributed by atoms with E-state index in [4.69, 9.17) is 8.42 Å². The van der Waals surface area contributed by atoms with Crippen LogP contribution < -0.4 is 5.43 Å². The van der Waals surface area contributed by atoms with Crippen LogP contribution in [-0.2, 0) is 8.26 Å². The second-order valence-corrected chi connectivity index (χ2v) is 7.57. The molecule has 1 N–H and O–H groups in total. The molecule has 0 saturated carbocycles. The maximum absolute atomic E-state index is 9.16. The first-order valence-corrected chi connectivity index (χ1v) is 8.79. The van der Waals surface area contributed by atoms with Crippen molar-refractivity contribution in [3.05, 3.63) is 30.3 Å². The summed E-state index contributed by atoms with van der Waals surface area (Å²) in [6.45, 7) is 2.35. The third-order valence-corrected chi connectivity index (χ3v) is 2.42. The Balaban J connectivity index is 0.000000280. The summed E-state index contributed by atoms with van der Waals surface area (Å²) in [6, 6.07) is 10.4. The van der Waals surface area contributed by atoms with E-state index in [0.29, 0.717) is 0 Å². The molecule has 1 fully saturated rings. The van der Waals surface area contributed by atoms with Crippen molar-refractivity contribution in [3.8, 4) is 0 Å². The molecular formula is C11H16Cl2N2O2S. The van der Waals surface area contributed by atoms with Gasteiger partial charge in [0.25, 0.3) is 0 Å². The summed E-state index contributed by atoms with van der Waals surface area (Å²) >= 11 is 0. The molecule has 1 heterocycles. The van der Waals surface area contributed by atoms with Crippen LogP contribution in [0.1, 0.15) is 19.3 Å². The highest BCUT2D eigenvalue weighted by atomic mass is 36.0. The molecule has 4 nitrogen and oxygen atoms in total. The van der Waals surface area contributed by atoms with Gasteiger partial charge in [-0.15, -0.1) is 0 Å². The lowest BCUT2D eigenvalue weighted by atomic mass is 10.2. The van der Waals surface area contributed by atoms with E-state index in [1.165, 1.54) is 38.0 Å². The fourth-order valence-corrected chi connectivity index (χ4v) is 1.70. The molecule has 1 aliphatic heterocycles. The molecule has 1 aromatic carbocycles. The van der Waals surface area contributed by atoms with Crippen molar-refractivity contribution in [1.29, 1.82) is 0 Å². The maximum atomic E-state index is 9.16. The summed E-state index contributed by atoms with van der Waals surface area (Å²) in [5.74, 6) is 0. The van der Waals surface area contributed by atoms with E-state index in [9.17, 15) is 0 Å². The van der Waals surface area contributed by atoms with Crippen LogP contribution in [0.5, 0.6) is 0 Å². The van der Waals surface area contributed by atoms with Crippen molar-refractivity contribution in [2.24, 2.45) is 0 Å². The van der Waals surface area contributed by atoms with E-state index in [1.54, 1.807) is 0 Å². The molecular weight excluding hydrogens is 295 g/mol.